The molecule has 110 valence electrons. The number of ether oxygens (including phenoxy) is 1. The molecule has 1 unspecified atom stereocenters. The largest absolute Gasteiger partial charge is 0.492 e. The van der Waals surface area contributed by atoms with Gasteiger partial charge in [0.1, 0.15) is 18.2 Å². The van der Waals surface area contributed by atoms with Crippen LogP contribution in [0, 0.1) is 5.82 Å². The zero-order valence-electron chi connectivity index (χ0n) is 11.8. The smallest absolute Gasteiger partial charge is 0.239 e. The molecule has 1 atom stereocenters. The number of benzene rings is 1. The summed E-state index contributed by atoms with van der Waals surface area (Å²) in [6.07, 6.45) is 3.13. The van der Waals surface area contributed by atoms with Crippen LogP contribution in [0.15, 0.2) is 24.3 Å². The molecule has 0 radical (unpaired) electrons. The Bertz CT molecular complexity index is 447. The van der Waals surface area contributed by atoms with Crippen LogP contribution in [-0.2, 0) is 4.79 Å². The number of carbonyl (C=O) groups is 1. The highest BCUT2D eigenvalue weighted by molar-refractivity contribution is 5.81. The third kappa shape index (κ3) is 4.20. The molecule has 0 saturated carbocycles. The minimum Gasteiger partial charge on any atom is -0.492 e. The molecule has 1 aliphatic rings. The second-order valence-electron chi connectivity index (χ2n) is 5.07. The van der Waals surface area contributed by atoms with Crippen LogP contribution in [0.25, 0.3) is 0 Å². The van der Waals surface area contributed by atoms with Crippen LogP contribution in [0.5, 0.6) is 5.75 Å². The summed E-state index contributed by atoms with van der Waals surface area (Å²) < 4.78 is 18.4. The maximum absolute atomic E-state index is 13.0. The van der Waals surface area contributed by atoms with Crippen molar-refractivity contribution in [2.45, 2.75) is 25.3 Å². The van der Waals surface area contributed by atoms with Gasteiger partial charge in [0.25, 0.3) is 0 Å². The standard InChI is InChI=1S/C15H21FN2O2/c1-18(15(19)14-7-2-3-8-17-14)9-10-20-13-6-4-5-12(16)11-13/h4-6,11,14,17H,2-3,7-10H2,1H3. The number of nitrogens with zero attached hydrogens (tertiary/aromatic N) is 1. The Morgan fingerprint density at radius 2 is 2.35 bits per heavy atom. The maximum atomic E-state index is 13.0. The maximum Gasteiger partial charge on any atom is 0.239 e. The predicted octanol–water partition coefficient (Wildman–Crippen LogP) is 1.80. The monoisotopic (exact) mass is 280 g/mol. The lowest BCUT2D eigenvalue weighted by Gasteiger charge is -2.27. The summed E-state index contributed by atoms with van der Waals surface area (Å²) in [6, 6.07) is 5.95. The number of carbonyl (C=O) groups excluding carboxylic acids is 1. The fourth-order valence-electron chi connectivity index (χ4n) is 2.30. The lowest BCUT2D eigenvalue weighted by Crippen LogP contribution is -2.48. The first-order valence-electron chi connectivity index (χ1n) is 7.03. The molecule has 0 bridgehead atoms. The summed E-state index contributed by atoms with van der Waals surface area (Å²) >= 11 is 0. The molecule has 1 fully saturated rings. The van der Waals surface area contributed by atoms with E-state index in [4.69, 9.17) is 4.74 Å². The highest BCUT2D eigenvalue weighted by Gasteiger charge is 2.23. The first-order chi connectivity index (χ1) is 9.66. The van der Waals surface area contributed by atoms with Crippen LogP contribution in [0.2, 0.25) is 0 Å². The number of halogens is 1. The van der Waals surface area contributed by atoms with Gasteiger partial charge in [-0.2, -0.15) is 0 Å². The van der Waals surface area contributed by atoms with Crippen molar-refractivity contribution in [3.8, 4) is 5.75 Å². The van der Waals surface area contributed by atoms with Crippen molar-refractivity contribution in [1.82, 2.24) is 10.2 Å². The molecule has 20 heavy (non-hydrogen) atoms. The van der Waals surface area contributed by atoms with Gasteiger partial charge in [-0.25, -0.2) is 4.39 Å². The fraction of sp³-hybridized carbons (Fsp3) is 0.533. The number of piperidine rings is 1. The Labute approximate surface area is 118 Å². The van der Waals surface area contributed by atoms with Crippen LogP contribution in [0.4, 0.5) is 4.39 Å². The van der Waals surface area contributed by atoms with Gasteiger partial charge >= 0.3 is 0 Å². The molecule has 1 aliphatic heterocycles. The summed E-state index contributed by atoms with van der Waals surface area (Å²) in [5.41, 5.74) is 0. The van der Waals surface area contributed by atoms with E-state index in [0.717, 1.165) is 25.8 Å². The van der Waals surface area contributed by atoms with Gasteiger partial charge in [-0.1, -0.05) is 12.5 Å². The van der Waals surface area contributed by atoms with Crippen molar-refractivity contribution in [1.29, 1.82) is 0 Å². The molecule has 0 spiro atoms. The van der Waals surface area contributed by atoms with Crippen molar-refractivity contribution in [2.75, 3.05) is 26.7 Å². The summed E-state index contributed by atoms with van der Waals surface area (Å²) in [5, 5.41) is 3.23. The Kier molecular flexibility index (Phi) is 5.35. The second-order valence-corrected chi connectivity index (χ2v) is 5.07. The van der Waals surface area contributed by atoms with E-state index in [1.807, 2.05) is 0 Å². The molecule has 1 saturated heterocycles. The summed E-state index contributed by atoms with van der Waals surface area (Å²) in [6.45, 7) is 1.76. The average Bonchev–Trinajstić information content (AvgIpc) is 2.47. The van der Waals surface area contributed by atoms with Crippen molar-refractivity contribution in [3.05, 3.63) is 30.1 Å². The Morgan fingerprint density at radius 3 is 3.05 bits per heavy atom. The molecule has 0 aromatic heterocycles. The van der Waals surface area contributed by atoms with Crippen LogP contribution in [0.1, 0.15) is 19.3 Å². The van der Waals surface area contributed by atoms with Gasteiger partial charge in [0.15, 0.2) is 0 Å². The van der Waals surface area contributed by atoms with Crippen molar-refractivity contribution in [3.63, 3.8) is 0 Å². The average molecular weight is 280 g/mol. The highest BCUT2D eigenvalue weighted by atomic mass is 19.1. The minimum atomic E-state index is -0.321. The van der Waals surface area contributed by atoms with Gasteiger partial charge in [0.2, 0.25) is 5.91 Å². The van der Waals surface area contributed by atoms with E-state index in [-0.39, 0.29) is 17.8 Å². The lowest BCUT2D eigenvalue weighted by atomic mass is 10.0. The molecule has 4 nitrogen and oxygen atoms in total. The van der Waals surface area contributed by atoms with E-state index in [1.54, 1.807) is 24.1 Å². The van der Waals surface area contributed by atoms with E-state index >= 15 is 0 Å². The first-order valence-corrected chi connectivity index (χ1v) is 7.03. The van der Waals surface area contributed by atoms with Crippen molar-refractivity contribution < 1.29 is 13.9 Å². The molecular formula is C15H21FN2O2. The molecule has 1 aromatic carbocycles. The summed E-state index contributed by atoms with van der Waals surface area (Å²) in [5.74, 6) is 0.271. The number of amides is 1. The highest BCUT2D eigenvalue weighted by Crippen LogP contribution is 2.12. The topological polar surface area (TPSA) is 41.6 Å². The van der Waals surface area contributed by atoms with Crippen LogP contribution < -0.4 is 10.1 Å². The minimum absolute atomic E-state index is 0.0667. The fourth-order valence-corrected chi connectivity index (χ4v) is 2.30. The number of likely N-dealkylation sites (N-methyl/N-ethyl adjacent to an activating group) is 1. The van der Waals surface area contributed by atoms with Gasteiger partial charge in [-0.3, -0.25) is 4.79 Å². The van der Waals surface area contributed by atoms with E-state index in [0.29, 0.717) is 18.9 Å². The molecule has 2 rings (SSSR count). The number of rotatable bonds is 5. The van der Waals surface area contributed by atoms with Crippen LogP contribution in [0.3, 0.4) is 0 Å². The Hall–Kier alpha value is -1.62. The zero-order valence-corrected chi connectivity index (χ0v) is 11.8. The molecule has 1 heterocycles. The Morgan fingerprint density at radius 1 is 1.50 bits per heavy atom. The van der Waals surface area contributed by atoms with E-state index in [9.17, 15) is 9.18 Å². The first kappa shape index (κ1) is 14.8. The third-order valence-electron chi connectivity index (χ3n) is 3.48. The van der Waals surface area contributed by atoms with Gasteiger partial charge in [0, 0.05) is 13.1 Å². The number of hydrogen-bond donors (Lipinski definition) is 1. The number of hydrogen-bond acceptors (Lipinski definition) is 3. The summed E-state index contributed by atoms with van der Waals surface area (Å²) in [7, 11) is 1.77. The molecule has 5 heteroatoms. The predicted molar refractivity (Wildman–Crippen MR) is 75.2 cm³/mol. The molecule has 1 N–H and O–H groups in total. The van der Waals surface area contributed by atoms with Gasteiger partial charge < -0.3 is 15.0 Å². The van der Waals surface area contributed by atoms with E-state index in [1.165, 1.54) is 12.1 Å². The molecule has 1 amide bonds. The van der Waals surface area contributed by atoms with Gasteiger partial charge in [-0.05, 0) is 31.5 Å². The van der Waals surface area contributed by atoms with Crippen molar-refractivity contribution in [2.24, 2.45) is 0 Å². The van der Waals surface area contributed by atoms with Crippen LogP contribution in [-0.4, -0.2) is 43.6 Å². The zero-order chi connectivity index (χ0) is 14.4. The molecule has 1 aromatic rings. The molecule has 0 aliphatic carbocycles. The number of nitrogens with one attached hydrogen (secondary N) is 1. The lowest BCUT2D eigenvalue weighted by molar-refractivity contribution is -0.133. The van der Waals surface area contributed by atoms with Gasteiger partial charge in [0.05, 0.1) is 12.6 Å². The normalized spacial score (nSPS) is 18.6. The SMILES string of the molecule is CN(CCOc1cccc(F)c1)C(=O)C1CCCCN1. The quantitative estimate of drug-likeness (QED) is 0.894. The van der Waals surface area contributed by atoms with Gasteiger partial charge in [-0.15, -0.1) is 0 Å². The van der Waals surface area contributed by atoms with Crippen molar-refractivity contribution >= 4 is 5.91 Å². The molecular weight excluding hydrogens is 259 g/mol. The second kappa shape index (κ2) is 7.24. The van der Waals surface area contributed by atoms with E-state index < -0.39 is 0 Å². The Balaban J connectivity index is 1.74. The van der Waals surface area contributed by atoms with E-state index in [2.05, 4.69) is 5.32 Å². The third-order valence-corrected chi connectivity index (χ3v) is 3.48. The van der Waals surface area contributed by atoms with Crippen LogP contribution >= 0.6 is 0 Å². The summed E-state index contributed by atoms with van der Waals surface area (Å²) in [4.78, 5) is 13.8.